The molecule has 1 N–H and O–H groups in total. The smallest absolute Gasteiger partial charge is 0.308 e. The molecule has 1 amide bonds. The SMILES string of the molecule is O=C(O)C1CCN(C(=O)c2cc(-c3cccc(Cl)c3)on2)C12CC2. The Balaban J connectivity index is 1.59. The second-order valence-electron chi connectivity index (χ2n) is 6.33. The number of likely N-dealkylation sites (tertiary alicyclic amines) is 1. The Hall–Kier alpha value is -2.34. The van der Waals surface area contributed by atoms with Gasteiger partial charge in [-0.15, -0.1) is 0 Å². The fourth-order valence-corrected chi connectivity index (χ4v) is 3.82. The molecule has 2 fully saturated rings. The summed E-state index contributed by atoms with van der Waals surface area (Å²) in [7, 11) is 0. The van der Waals surface area contributed by atoms with Crippen molar-refractivity contribution in [3.63, 3.8) is 0 Å². The first-order chi connectivity index (χ1) is 11.5. The van der Waals surface area contributed by atoms with Gasteiger partial charge in [-0.25, -0.2) is 0 Å². The fourth-order valence-electron chi connectivity index (χ4n) is 3.63. The van der Waals surface area contributed by atoms with E-state index >= 15 is 0 Å². The van der Waals surface area contributed by atoms with Gasteiger partial charge >= 0.3 is 5.97 Å². The molecule has 2 aromatic rings. The molecule has 1 aliphatic carbocycles. The molecule has 0 bridgehead atoms. The first kappa shape index (κ1) is 15.2. The lowest BCUT2D eigenvalue weighted by Gasteiger charge is -2.25. The number of aliphatic carboxylic acids is 1. The molecule has 0 radical (unpaired) electrons. The maximum atomic E-state index is 12.8. The predicted molar refractivity (Wildman–Crippen MR) is 85.7 cm³/mol. The zero-order valence-corrected chi connectivity index (χ0v) is 13.5. The molecule has 1 aromatic carbocycles. The summed E-state index contributed by atoms with van der Waals surface area (Å²) >= 11 is 5.97. The van der Waals surface area contributed by atoms with E-state index in [1.54, 1.807) is 29.2 Å². The molecular formula is C17H15ClN2O4. The van der Waals surface area contributed by atoms with Crippen LogP contribution in [0.2, 0.25) is 5.02 Å². The van der Waals surface area contributed by atoms with Crippen LogP contribution < -0.4 is 0 Å². The molecular weight excluding hydrogens is 332 g/mol. The van der Waals surface area contributed by atoms with Crippen molar-refractivity contribution in [1.29, 1.82) is 0 Å². The molecule has 1 spiro atoms. The number of hydrogen-bond donors (Lipinski definition) is 1. The molecule has 124 valence electrons. The molecule has 1 aliphatic heterocycles. The van der Waals surface area contributed by atoms with Crippen molar-refractivity contribution in [3.8, 4) is 11.3 Å². The van der Waals surface area contributed by atoms with E-state index in [1.807, 2.05) is 6.07 Å². The van der Waals surface area contributed by atoms with E-state index in [-0.39, 0.29) is 11.6 Å². The van der Waals surface area contributed by atoms with Gasteiger partial charge in [0.05, 0.1) is 11.5 Å². The number of carbonyl (C=O) groups is 2. The number of rotatable bonds is 3. The Morgan fingerprint density at radius 3 is 2.79 bits per heavy atom. The molecule has 24 heavy (non-hydrogen) atoms. The number of carbonyl (C=O) groups excluding carboxylic acids is 1. The predicted octanol–water partition coefficient (Wildman–Crippen LogP) is 3.07. The molecule has 1 saturated heterocycles. The molecule has 1 atom stereocenters. The summed E-state index contributed by atoms with van der Waals surface area (Å²) in [5, 5.41) is 13.8. The van der Waals surface area contributed by atoms with Crippen molar-refractivity contribution in [1.82, 2.24) is 10.1 Å². The van der Waals surface area contributed by atoms with Gasteiger partial charge in [-0.1, -0.05) is 28.9 Å². The quantitative estimate of drug-likeness (QED) is 0.923. The van der Waals surface area contributed by atoms with E-state index < -0.39 is 17.4 Å². The van der Waals surface area contributed by atoms with Crippen LogP contribution >= 0.6 is 11.6 Å². The maximum Gasteiger partial charge on any atom is 0.308 e. The van der Waals surface area contributed by atoms with E-state index in [9.17, 15) is 14.7 Å². The number of hydrogen-bond acceptors (Lipinski definition) is 4. The van der Waals surface area contributed by atoms with Crippen molar-refractivity contribution in [2.45, 2.75) is 24.8 Å². The zero-order chi connectivity index (χ0) is 16.9. The van der Waals surface area contributed by atoms with Gasteiger partial charge in [-0.05, 0) is 31.4 Å². The van der Waals surface area contributed by atoms with Crippen molar-refractivity contribution >= 4 is 23.5 Å². The minimum atomic E-state index is -0.831. The summed E-state index contributed by atoms with van der Waals surface area (Å²) in [6, 6.07) is 8.67. The molecule has 4 rings (SSSR count). The van der Waals surface area contributed by atoms with Crippen LogP contribution in [0.15, 0.2) is 34.9 Å². The third-order valence-electron chi connectivity index (χ3n) is 4.97. The molecule has 1 aromatic heterocycles. The monoisotopic (exact) mass is 346 g/mol. The van der Waals surface area contributed by atoms with Crippen LogP contribution in [0.1, 0.15) is 29.8 Å². The van der Waals surface area contributed by atoms with Crippen LogP contribution in [0.3, 0.4) is 0 Å². The summed E-state index contributed by atoms with van der Waals surface area (Å²) in [5.41, 5.74) is 0.403. The van der Waals surface area contributed by atoms with Gasteiger partial charge in [0.1, 0.15) is 0 Å². The van der Waals surface area contributed by atoms with Gasteiger partial charge in [0.15, 0.2) is 11.5 Å². The Labute approximate surface area is 143 Å². The number of nitrogens with zero attached hydrogens (tertiary/aromatic N) is 2. The lowest BCUT2D eigenvalue weighted by Crippen LogP contribution is -2.42. The van der Waals surface area contributed by atoms with Gasteiger partial charge in [0.25, 0.3) is 5.91 Å². The lowest BCUT2D eigenvalue weighted by molar-refractivity contribution is -0.142. The molecule has 6 nitrogen and oxygen atoms in total. The molecule has 1 saturated carbocycles. The summed E-state index contributed by atoms with van der Waals surface area (Å²) in [4.78, 5) is 25.8. The third kappa shape index (κ3) is 2.29. The Kier molecular flexibility index (Phi) is 3.38. The largest absolute Gasteiger partial charge is 0.481 e. The summed E-state index contributed by atoms with van der Waals surface area (Å²) < 4.78 is 5.28. The average Bonchev–Trinajstić information content (AvgIpc) is 3.03. The van der Waals surface area contributed by atoms with Crippen molar-refractivity contribution in [2.24, 2.45) is 5.92 Å². The highest BCUT2D eigenvalue weighted by Crippen LogP contribution is 2.53. The average molecular weight is 347 g/mol. The van der Waals surface area contributed by atoms with Crippen LogP contribution in [-0.2, 0) is 4.79 Å². The number of amides is 1. The van der Waals surface area contributed by atoms with Gasteiger partial charge in [-0.2, -0.15) is 0 Å². The number of aromatic nitrogens is 1. The van der Waals surface area contributed by atoms with Gasteiger partial charge in [0, 0.05) is 23.2 Å². The standard InChI is InChI=1S/C17H15ClN2O4/c18-11-3-1-2-10(8-11)14-9-13(19-24-14)15(21)20-7-4-12(16(22)23)17(20)5-6-17/h1-3,8-9,12H,4-7H2,(H,22,23). The van der Waals surface area contributed by atoms with Gasteiger partial charge < -0.3 is 14.5 Å². The summed E-state index contributed by atoms with van der Waals surface area (Å²) in [6.45, 7) is 0.440. The highest BCUT2D eigenvalue weighted by atomic mass is 35.5. The molecule has 2 aliphatic rings. The lowest BCUT2D eigenvalue weighted by atomic mass is 9.98. The fraction of sp³-hybridized carbons (Fsp3) is 0.353. The van der Waals surface area contributed by atoms with Crippen molar-refractivity contribution in [3.05, 3.63) is 41.0 Å². The zero-order valence-electron chi connectivity index (χ0n) is 12.7. The molecule has 1 unspecified atom stereocenters. The van der Waals surface area contributed by atoms with Gasteiger partial charge in [0.2, 0.25) is 0 Å². The maximum absolute atomic E-state index is 12.8. The normalized spacial score (nSPS) is 21.2. The minimum absolute atomic E-state index is 0.197. The van der Waals surface area contributed by atoms with E-state index in [0.717, 1.165) is 18.4 Å². The second-order valence-corrected chi connectivity index (χ2v) is 6.76. The van der Waals surface area contributed by atoms with Crippen LogP contribution in [0, 0.1) is 5.92 Å². The van der Waals surface area contributed by atoms with Crippen LogP contribution in [0.5, 0.6) is 0 Å². The molecule has 2 heterocycles. The van der Waals surface area contributed by atoms with Crippen molar-refractivity contribution in [2.75, 3.05) is 6.54 Å². The Morgan fingerprint density at radius 2 is 2.12 bits per heavy atom. The minimum Gasteiger partial charge on any atom is -0.481 e. The number of carboxylic acids is 1. The number of halogens is 1. The van der Waals surface area contributed by atoms with E-state index in [1.165, 1.54) is 0 Å². The number of benzene rings is 1. The second kappa shape index (κ2) is 5.34. The van der Waals surface area contributed by atoms with Gasteiger partial charge in [-0.3, -0.25) is 9.59 Å². The first-order valence-electron chi connectivity index (χ1n) is 7.79. The van der Waals surface area contributed by atoms with E-state index in [4.69, 9.17) is 16.1 Å². The highest BCUT2D eigenvalue weighted by Gasteiger charge is 2.62. The van der Waals surface area contributed by atoms with E-state index in [2.05, 4.69) is 5.16 Å². The van der Waals surface area contributed by atoms with Crippen molar-refractivity contribution < 1.29 is 19.2 Å². The van der Waals surface area contributed by atoms with Crippen LogP contribution in [-0.4, -0.2) is 39.1 Å². The highest BCUT2D eigenvalue weighted by molar-refractivity contribution is 6.30. The van der Waals surface area contributed by atoms with E-state index in [0.29, 0.717) is 23.7 Å². The number of carboxylic acid groups (broad SMARTS) is 1. The summed E-state index contributed by atoms with van der Waals surface area (Å²) in [5.74, 6) is -1.13. The first-order valence-corrected chi connectivity index (χ1v) is 8.16. The topological polar surface area (TPSA) is 83.6 Å². The Bertz CT molecular complexity index is 828. The third-order valence-corrected chi connectivity index (χ3v) is 5.21. The van der Waals surface area contributed by atoms with Crippen LogP contribution in [0.4, 0.5) is 0 Å². The Morgan fingerprint density at radius 1 is 1.33 bits per heavy atom. The van der Waals surface area contributed by atoms with Crippen LogP contribution in [0.25, 0.3) is 11.3 Å². The summed E-state index contributed by atoms with van der Waals surface area (Å²) in [6.07, 6.45) is 1.95. The molecule has 7 heteroatoms.